The Hall–Kier alpha value is -0.630. The molecule has 0 spiro atoms. The summed E-state index contributed by atoms with van der Waals surface area (Å²) in [5, 5.41) is 0. The van der Waals surface area contributed by atoms with Crippen LogP contribution in [0.25, 0.3) is 0 Å². The van der Waals surface area contributed by atoms with Crippen molar-refractivity contribution >= 4 is 15.9 Å². The molecule has 0 aliphatic rings. The summed E-state index contributed by atoms with van der Waals surface area (Å²) in [6.07, 6.45) is 1.72. The lowest BCUT2D eigenvalue weighted by Gasteiger charge is -2.06. The zero-order valence-electron chi connectivity index (χ0n) is 6.56. The maximum absolute atomic E-state index is 12.8. The Balaban J connectivity index is 3.04. The third-order valence-electron chi connectivity index (χ3n) is 1.66. The SMILES string of the molecule is [CH2]C(C=C)c1ccc(F)c(Br)c1. The minimum absolute atomic E-state index is 0.0156. The van der Waals surface area contributed by atoms with Crippen LogP contribution in [0.3, 0.4) is 0 Å². The van der Waals surface area contributed by atoms with Crippen molar-refractivity contribution < 1.29 is 4.39 Å². The van der Waals surface area contributed by atoms with Crippen LogP contribution in [0.5, 0.6) is 0 Å². The predicted molar refractivity (Wildman–Crippen MR) is 52.4 cm³/mol. The molecular weight excluding hydrogens is 219 g/mol. The van der Waals surface area contributed by atoms with E-state index in [1.807, 2.05) is 0 Å². The highest BCUT2D eigenvalue weighted by Gasteiger charge is 2.04. The average molecular weight is 228 g/mol. The highest BCUT2D eigenvalue weighted by Crippen LogP contribution is 2.22. The van der Waals surface area contributed by atoms with Crippen LogP contribution in [0.1, 0.15) is 11.5 Å². The summed E-state index contributed by atoms with van der Waals surface area (Å²) in [4.78, 5) is 0. The van der Waals surface area contributed by atoms with Gasteiger partial charge in [-0.3, -0.25) is 0 Å². The first-order chi connectivity index (χ1) is 5.65. The quantitative estimate of drug-likeness (QED) is 0.677. The molecule has 0 amide bonds. The van der Waals surface area contributed by atoms with Crippen molar-refractivity contribution in [3.05, 3.63) is 53.6 Å². The first kappa shape index (κ1) is 9.46. The second-order valence-electron chi connectivity index (χ2n) is 2.52. The average Bonchev–Trinajstić information content (AvgIpc) is 2.08. The van der Waals surface area contributed by atoms with Crippen molar-refractivity contribution in [1.82, 2.24) is 0 Å². The fourth-order valence-electron chi connectivity index (χ4n) is 0.879. The Morgan fingerprint density at radius 3 is 2.67 bits per heavy atom. The van der Waals surface area contributed by atoms with Crippen molar-refractivity contribution in [1.29, 1.82) is 0 Å². The molecule has 0 aliphatic heterocycles. The number of benzene rings is 1. The third kappa shape index (κ3) is 1.95. The Morgan fingerprint density at radius 1 is 1.50 bits per heavy atom. The molecule has 0 bridgehead atoms. The van der Waals surface area contributed by atoms with E-state index in [1.54, 1.807) is 18.2 Å². The van der Waals surface area contributed by atoms with Gasteiger partial charge in [-0.05, 0) is 40.5 Å². The lowest BCUT2D eigenvalue weighted by atomic mass is 10.0. The van der Waals surface area contributed by atoms with E-state index in [0.29, 0.717) is 4.47 Å². The van der Waals surface area contributed by atoms with Gasteiger partial charge in [-0.25, -0.2) is 4.39 Å². The topological polar surface area (TPSA) is 0 Å². The minimum Gasteiger partial charge on any atom is -0.206 e. The van der Waals surface area contributed by atoms with Crippen LogP contribution in [0.4, 0.5) is 4.39 Å². The summed E-state index contributed by atoms with van der Waals surface area (Å²) in [7, 11) is 0. The van der Waals surface area contributed by atoms with Crippen LogP contribution in [0.2, 0.25) is 0 Å². The molecule has 1 unspecified atom stereocenters. The monoisotopic (exact) mass is 227 g/mol. The van der Waals surface area contributed by atoms with Crippen LogP contribution in [-0.2, 0) is 0 Å². The number of hydrogen-bond acceptors (Lipinski definition) is 0. The maximum atomic E-state index is 12.8. The Bertz CT molecular complexity index is 294. The largest absolute Gasteiger partial charge is 0.206 e. The van der Waals surface area contributed by atoms with Crippen molar-refractivity contribution in [3.63, 3.8) is 0 Å². The van der Waals surface area contributed by atoms with E-state index in [1.165, 1.54) is 6.07 Å². The van der Waals surface area contributed by atoms with E-state index >= 15 is 0 Å². The molecule has 0 aromatic heterocycles. The third-order valence-corrected chi connectivity index (χ3v) is 2.26. The van der Waals surface area contributed by atoms with Crippen LogP contribution < -0.4 is 0 Å². The number of hydrogen-bond donors (Lipinski definition) is 0. The molecule has 0 aliphatic carbocycles. The maximum Gasteiger partial charge on any atom is 0.137 e. The highest BCUT2D eigenvalue weighted by molar-refractivity contribution is 9.10. The number of allylic oxidation sites excluding steroid dienone is 1. The van der Waals surface area contributed by atoms with Gasteiger partial charge in [0.2, 0.25) is 0 Å². The summed E-state index contributed by atoms with van der Waals surface area (Å²) in [5.74, 6) is -0.239. The van der Waals surface area contributed by atoms with Gasteiger partial charge >= 0.3 is 0 Å². The molecule has 1 aromatic carbocycles. The van der Waals surface area contributed by atoms with E-state index < -0.39 is 0 Å². The van der Waals surface area contributed by atoms with Crippen molar-refractivity contribution in [2.24, 2.45) is 0 Å². The zero-order chi connectivity index (χ0) is 9.14. The van der Waals surface area contributed by atoms with Gasteiger partial charge in [-0.2, -0.15) is 0 Å². The van der Waals surface area contributed by atoms with Gasteiger partial charge in [0.1, 0.15) is 5.82 Å². The molecule has 0 saturated carbocycles. The van der Waals surface area contributed by atoms with Crippen LogP contribution in [-0.4, -0.2) is 0 Å². The smallest absolute Gasteiger partial charge is 0.137 e. The molecule has 0 saturated heterocycles. The summed E-state index contributed by atoms with van der Waals surface area (Å²) < 4.78 is 13.2. The molecule has 1 aromatic rings. The van der Waals surface area contributed by atoms with E-state index in [-0.39, 0.29) is 11.7 Å². The molecule has 63 valence electrons. The van der Waals surface area contributed by atoms with Gasteiger partial charge in [-0.1, -0.05) is 12.1 Å². The van der Waals surface area contributed by atoms with Gasteiger partial charge in [-0.15, -0.1) is 6.58 Å². The lowest BCUT2D eigenvalue weighted by Crippen LogP contribution is -1.89. The van der Waals surface area contributed by atoms with E-state index in [0.717, 1.165) is 5.56 Å². The first-order valence-electron chi connectivity index (χ1n) is 3.55. The minimum atomic E-state index is -0.255. The second kappa shape index (κ2) is 3.85. The number of halogens is 2. The highest BCUT2D eigenvalue weighted by atomic mass is 79.9. The van der Waals surface area contributed by atoms with Crippen molar-refractivity contribution in [2.45, 2.75) is 5.92 Å². The fourth-order valence-corrected chi connectivity index (χ4v) is 1.28. The Kier molecular flexibility index (Phi) is 3.04. The molecule has 0 nitrogen and oxygen atoms in total. The van der Waals surface area contributed by atoms with Gasteiger partial charge < -0.3 is 0 Å². The van der Waals surface area contributed by atoms with Crippen LogP contribution in [0, 0.1) is 12.7 Å². The van der Waals surface area contributed by atoms with Crippen LogP contribution >= 0.6 is 15.9 Å². The first-order valence-corrected chi connectivity index (χ1v) is 4.35. The Morgan fingerprint density at radius 2 is 2.17 bits per heavy atom. The number of rotatable bonds is 2. The predicted octanol–water partition coefficient (Wildman–Crippen LogP) is 3.69. The van der Waals surface area contributed by atoms with Gasteiger partial charge in [0, 0.05) is 5.92 Å². The Labute approximate surface area is 80.2 Å². The standard InChI is InChI=1S/C10H9BrF/c1-3-7(2)8-4-5-10(12)9(11)6-8/h3-7H,1-2H2. The summed E-state index contributed by atoms with van der Waals surface area (Å²) >= 11 is 3.11. The molecule has 1 atom stereocenters. The second-order valence-corrected chi connectivity index (χ2v) is 3.37. The molecule has 0 N–H and O–H groups in total. The normalized spacial score (nSPS) is 12.6. The van der Waals surface area contributed by atoms with Gasteiger partial charge in [0.15, 0.2) is 0 Å². The molecular formula is C10H9BrF. The molecule has 0 fully saturated rings. The molecule has 12 heavy (non-hydrogen) atoms. The van der Waals surface area contributed by atoms with Gasteiger partial charge in [0.05, 0.1) is 4.47 Å². The van der Waals surface area contributed by atoms with E-state index in [2.05, 4.69) is 29.4 Å². The summed E-state index contributed by atoms with van der Waals surface area (Å²) in [5.41, 5.74) is 0.957. The molecule has 2 heteroatoms. The van der Waals surface area contributed by atoms with E-state index in [9.17, 15) is 4.39 Å². The summed E-state index contributed by atoms with van der Waals surface area (Å²) in [6, 6.07) is 4.84. The molecule has 1 rings (SSSR count). The lowest BCUT2D eigenvalue weighted by molar-refractivity contribution is 0.620. The molecule has 0 heterocycles. The fraction of sp³-hybridized carbons (Fsp3) is 0.100. The van der Waals surface area contributed by atoms with Crippen molar-refractivity contribution in [3.8, 4) is 0 Å². The molecule has 1 radical (unpaired) electrons. The summed E-state index contributed by atoms with van der Waals surface area (Å²) in [6.45, 7) is 7.45. The van der Waals surface area contributed by atoms with E-state index in [4.69, 9.17) is 0 Å². The van der Waals surface area contributed by atoms with Crippen molar-refractivity contribution in [2.75, 3.05) is 0 Å². The zero-order valence-corrected chi connectivity index (χ0v) is 8.14. The van der Waals surface area contributed by atoms with Crippen LogP contribution in [0.15, 0.2) is 35.3 Å². The van der Waals surface area contributed by atoms with Gasteiger partial charge in [0.25, 0.3) is 0 Å².